The Kier molecular flexibility index (Phi) is 6.75. The minimum atomic E-state index is -0.351. The maximum Gasteiger partial charge on any atom is 0.262 e. The largest absolute Gasteiger partial charge is 0.484 e. The molecule has 0 aliphatic carbocycles. The van der Waals surface area contributed by atoms with E-state index in [2.05, 4.69) is 31.5 Å². The van der Waals surface area contributed by atoms with Crippen molar-refractivity contribution >= 4 is 33.4 Å². The van der Waals surface area contributed by atoms with E-state index in [1.54, 1.807) is 54.9 Å². The van der Waals surface area contributed by atoms with Crippen LogP contribution in [0.5, 0.6) is 5.75 Å². The minimum Gasteiger partial charge on any atom is -0.484 e. The molecule has 142 valence electrons. The summed E-state index contributed by atoms with van der Waals surface area (Å²) in [6, 6.07) is 17.7. The quantitative estimate of drug-likeness (QED) is 0.586. The van der Waals surface area contributed by atoms with E-state index in [1.807, 2.05) is 18.2 Å². The molecule has 1 aromatic heterocycles. The zero-order chi connectivity index (χ0) is 19.8. The summed E-state index contributed by atoms with van der Waals surface area (Å²) in [5.74, 6) is -0.0511. The molecule has 0 atom stereocenters. The first-order valence-electron chi connectivity index (χ1n) is 8.56. The van der Waals surface area contributed by atoms with Crippen molar-refractivity contribution in [3.63, 3.8) is 0 Å². The number of pyridine rings is 1. The summed E-state index contributed by atoms with van der Waals surface area (Å²) in [5, 5.41) is 5.55. The number of aromatic nitrogens is 1. The van der Waals surface area contributed by atoms with Gasteiger partial charge in [-0.05, 0) is 48.0 Å². The van der Waals surface area contributed by atoms with Crippen LogP contribution in [0.15, 0.2) is 77.5 Å². The van der Waals surface area contributed by atoms with Crippen molar-refractivity contribution in [1.82, 2.24) is 10.3 Å². The average Bonchev–Trinajstić information content (AvgIpc) is 2.73. The summed E-state index contributed by atoms with van der Waals surface area (Å²) in [4.78, 5) is 28.8. The van der Waals surface area contributed by atoms with Gasteiger partial charge in [-0.25, -0.2) is 0 Å². The number of para-hydroxylation sites is 1. The normalized spacial score (nSPS) is 10.2. The topological polar surface area (TPSA) is 80.3 Å². The molecule has 0 aliphatic rings. The molecular formula is C21H18BrN3O3. The van der Waals surface area contributed by atoms with Gasteiger partial charge in [0.15, 0.2) is 6.61 Å². The molecule has 3 rings (SSSR count). The molecule has 2 N–H and O–H groups in total. The zero-order valence-corrected chi connectivity index (χ0v) is 16.5. The number of ether oxygens (including phenoxy) is 1. The number of carbonyl (C=O) groups excluding carboxylic acids is 2. The van der Waals surface area contributed by atoms with Crippen LogP contribution in [0.4, 0.5) is 5.69 Å². The van der Waals surface area contributed by atoms with Crippen LogP contribution in [-0.2, 0) is 11.3 Å². The number of anilines is 1. The number of hydrogen-bond acceptors (Lipinski definition) is 4. The third-order valence-electron chi connectivity index (χ3n) is 3.81. The lowest BCUT2D eigenvalue weighted by Crippen LogP contribution is -2.26. The van der Waals surface area contributed by atoms with E-state index in [4.69, 9.17) is 4.74 Å². The van der Waals surface area contributed by atoms with Crippen molar-refractivity contribution in [2.45, 2.75) is 6.54 Å². The van der Waals surface area contributed by atoms with Crippen molar-refractivity contribution in [3.8, 4) is 5.75 Å². The summed E-state index contributed by atoms with van der Waals surface area (Å²) in [5.41, 5.74) is 1.69. The summed E-state index contributed by atoms with van der Waals surface area (Å²) < 4.78 is 6.39. The molecule has 3 aromatic rings. The third-order valence-corrected chi connectivity index (χ3v) is 4.33. The first-order valence-corrected chi connectivity index (χ1v) is 9.35. The highest BCUT2D eigenvalue weighted by Gasteiger charge is 2.13. The van der Waals surface area contributed by atoms with Crippen LogP contribution < -0.4 is 15.4 Å². The third kappa shape index (κ3) is 5.65. The number of nitrogens with one attached hydrogen (secondary N) is 2. The van der Waals surface area contributed by atoms with Crippen LogP contribution in [0, 0.1) is 0 Å². The second-order valence-electron chi connectivity index (χ2n) is 5.88. The van der Waals surface area contributed by atoms with Gasteiger partial charge in [0.25, 0.3) is 11.8 Å². The molecule has 28 heavy (non-hydrogen) atoms. The van der Waals surface area contributed by atoms with Crippen molar-refractivity contribution in [3.05, 3.63) is 88.7 Å². The molecule has 1 heterocycles. The Bertz CT molecular complexity index is 947. The lowest BCUT2D eigenvalue weighted by Gasteiger charge is -2.12. The highest BCUT2D eigenvalue weighted by atomic mass is 79.9. The molecule has 0 saturated heterocycles. The first-order chi connectivity index (χ1) is 13.6. The fraction of sp³-hybridized carbons (Fsp3) is 0.0952. The van der Waals surface area contributed by atoms with Gasteiger partial charge in [-0.2, -0.15) is 0 Å². The summed E-state index contributed by atoms with van der Waals surface area (Å²) in [7, 11) is 0. The summed E-state index contributed by atoms with van der Waals surface area (Å²) in [6.45, 7) is 0.189. The van der Waals surface area contributed by atoms with Gasteiger partial charge in [0, 0.05) is 23.4 Å². The second-order valence-corrected chi connectivity index (χ2v) is 6.80. The number of rotatable bonds is 7. The fourth-order valence-electron chi connectivity index (χ4n) is 2.44. The van der Waals surface area contributed by atoms with Gasteiger partial charge in [0.1, 0.15) is 5.75 Å². The standard InChI is InChI=1S/C21H18BrN3O3/c22-16-7-9-17(10-8-16)28-14-20(26)25-19-6-2-1-5-18(19)21(27)24-13-15-4-3-11-23-12-15/h1-12H,13-14H2,(H,24,27)(H,25,26). The lowest BCUT2D eigenvalue weighted by atomic mass is 10.1. The summed E-state index contributed by atoms with van der Waals surface area (Å²) in [6.07, 6.45) is 3.36. The smallest absolute Gasteiger partial charge is 0.262 e. The molecule has 0 bridgehead atoms. The highest BCUT2D eigenvalue weighted by Crippen LogP contribution is 2.17. The molecule has 0 spiro atoms. The number of benzene rings is 2. The van der Waals surface area contributed by atoms with Gasteiger partial charge >= 0.3 is 0 Å². The SMILES string of the molecule is O=C(COc1ccc(Br)cc1)Nc1ccccc1C(=O)NCc1cccnc1. The number of carbonyl (C=O) groups is 2. The Morgan fingerprint density at radius 2 is 1.79 bits per heavy atom. The Morgan fingerprint density at radius 3 is 2.54 bits per heavy atom. The number of nitrogens with zero attached hydrogens (tertiary/aromatic N) is 1. The molecule has 0 unspecified atom stereocenters. The molecule has 0 fully saturated rings. The number of amides is 2. The number of hydrogen-bond donors (Lipinski definition) is 2. The molecule has 0 aliphatic heterocycles. The molecule has 7 heteroatoms. The Labute approximate surface area is 171 Å². The van der Waals surface area contributed by atoms with E-state index >= 15 is 0 Å². The molecule has 6 nitrogen and oxygen atoms in total. The predicted molar refractivity (Wildman–Crippen MR) is 110 cm³/mol. The van der Waals surface area contributed by atoms with Gasteiger partial charge in [0.2, 0.25) is 0 Å². The van der Waals surface area contributed by atoms with E-state index in [0.29, 0.717) is 23.5 Å². The average molecular weight is 440 g/mol. The molecule has 0 saturated carbocycles. The fourth-order valence-corrected chi connectivity index (χ4v) is 2.70. The van der Waals surface area contributed by atoms with Crippen LogP contribution in [-0.4, -0.2) is 23.4 Å². The maximum absolute atomic E-state index is 12.5. The molecular weight excluding hydrogens is 422 g/mol. The van der Waals surface area contributed by atoms with Crippen molar-refractivity contribution in [2.24, 2.45) is 0 Å². The van der Waals surface area contributed by atoms with Crippen molar-refractivity contribution in [2.75, 3.05) is 11.9 Å². The second kappa shape index (κ2) is 9.66. The number of halogens is 1. The minimum absolute atomic E-state index is 0.159. The maximum atomic E-state index is 12.5. The Hall–Kier alpha value is -3.19. The van der Waals surface area contributed by atoms with E-state index in [0.717, 1.165) is 10.0 Å². The molecule has 2 aromatic carbocycles. The van der Waals surface area contributed by atoms with Gasteiger partial charge in [-0.1, -0.05) is 34.1 Å². The monoisotopic (exact) mass is 439 g/mol. The lowest BCUT2D eigenvalue weighted by molar-refractivity contribution is -0.118. The van der Waals surface area contributed by atoms with Crippen LogP contribution >= 0.6 is 15.9 Å². The Balaban J connectivity index is 1.58. The van der Waals surface area contributed by atoms with Crippen LogP contribution in [0.2, 0.25) is 0 Å². The van der Waals surface area contributed by atoms with E-state index in [-0.39, 0.29) is 18.4 Å². The van der Waals surface area contributed by atoms with Gasteiger partial charge in [-0.3, -0.25) is 14.6 Å². The van der Waals surface area contributed by atoms with Crippen LogP contribution in [0.3, 0.4) is 0 Å². The first kappa shape index (κ1) is 19.6. The van der Waals surface area contributed by atoms with Crippen LogP contribution in [0.1, 0.15) is 15.9 Å². The van der Waals surface area contributed by atoms with Gasteiger partial charge in [-0.15, -0.1) is 0 Å². The van der Waals surface area contributed by atoms with E-state index in [9.17, 15) is 9.59 Å². The van der Waals surface area contributed by atoms with E-state index in [1.165, 1.54) is 0 Å². The highest BCUT2D eigenvalue weighted by molar-refractivity contribution is 9.10. The Morgan fingerprint density at radius 1 is 1.00 bits per heavy atom. The van der Waals surface area contributed by atoms with Gasteiger partial charge < -0.3 is 15.4 Å². The van der Waals surface area contributed by atoms with Crippen molar-refractivity contribution < 1.29 is 14.3 Å². The predicted octanol–water partition coefficient (Wildman–Crippen LogP) is 3.79. The van der Waals surface area contributed by atoms with E-state index < -0.39 is 0 Å². The summed E-state index contributed by atoms with van der Waals surface area (Å²) >= 11 is 3.34. The molecule has 0 radical (unpaired) electrons. The molecule has 2 amide bonds. The van der Waals surface area contributed by atoms with Crippen molar-refractivity contribution in [1.29, 1.82) is 0 Å². The van der Waals surface area contributed by atoms with Gasteiger partial charge in [0.05, 0.1) is 11.3 Å². The van der Waals surface area contributed by atoms with Crippen LogP contribution in [0.25, 0.3) is 0 Å². The zero-order valence-electron chi connectivity index (χ0n) is 14.9.